The van der Waals surface area contributed by atoms with Crippen LogP contribution in [0.15, 0.2) is 71.8 Å². The van der Waals surface area contributed by atoms with E-state index < -0.39 is 0 Å². The Morgan fingerprint density at radius 1 is 0.966 bits per heavy atom. The fourth-order valence-electron chi connectivity index (χ4n) is 3.91. The quantitative estimate of drug-likeness (QED) is 0.498. The summed E-state index contributed by atoms with van der Waals surface area (Å²) in [4.78, 5) is 0. The zero-order valence-electron chi connectivity index (χ0n) is 15.7. The van der Waals surface area contributed by atoms with Crippen LogP contribution in [-0.2, 0) is 0 Å². The molecule has 0 aromatic heterocycles. The zero-order valence-corrected chi connectivity index (χ0v) is 17.2. The maximum absolute atomic E-state index is 6.43. The van der Waals surface area contributed by atoms with Gasteiger partial charge in [0.05, 0.1) is 18.9 Å². The van der Waals surface area contributed by atoms with Crippen molar-refractivity contribution in [1.29, 1.82) is 0 Å². The van der Waals surface area contributed by atoms with Gasteiger partial charge in [-0.25, -0.2) is 5.01 Å². The molecule has 6 heteroatoms. The van der Waals surface area contributed by atoms with Crippen LogP contribution < -0.4 is 9.47 Å². The second kappa shape index (κ2) is 7.29. The minimum Gasteiger partial charge on any atom is -0.493 e. The molecule has 2 atom stereocenters. The maximum Gasteiger partial charge on any atom is 0.214 e. The van der Waals surface area contributed by atoms with Gasteiger partial charge in [-0.05, 0) is 35.9 Å². The van der Waals surface area contributed by atoms with Crippen LogP contribution in [0.1, 0.15) is 35.4 Å². The van der Waals surface area contributed by atoms with E-state index in [4.69, 9.17) is 37.8 Å². The summed E-state index contributed by atoms with van der Waals surface area (Å²) in [5.74, 6) is 1.49. The molecule has 0 amide bonds. The van der Waals surface area contributed by atoms with Crippen molar-refractivity contribution < 1.29 is 9.47 Å². The first-order chi connectivity index (χ1) is 14.1. The van der Waals surface area contributed by atoms with Gasteiger partial charge in [-0.1, -0.05) is 59.6 Å². The summed E-state index contributed by atoms with van der Waals surface area (Å²) in [7, 11) is 1.66. The first kappa shape index (κ1) is 18.3. The molecule has 0 aliphatic carbocycles. The number of hydrazone groups is 1. The first-order valence-electron chi connectivity index (χ1n) is 9.35. The van der Waals surface area contributed by atoms with E-state index in [1.807, 2.05) is 65.7 Å². The minimum absolute atomic E-state index is 0.0557. The fourth-order valence-corrected chi connectivity index (χ4v) is 4.16. The molecule has 0 radical (unpaired) electrons. The van der Waals surface area contributed by atoms with Crippen LogP contribution in [0.5, 0.6) is 11.5 Å². The van der Waals surface area contributed by atoms with E-state index in [0.717, 1.165) is 40.3 Å². The van der Waals surface area contributed by atoms with E-state index >= 15 is 0 Å². The molecule has 4 nitrogen and oxygen atoms in total. The maximum atomic E-state index is 6.43. The topological polar surface area (TPSA) is 34.1 Å². The molecular weight excluding hydrogens is 407 g/mol. The van der Waals surface area contributed by atoms with Crippen LogP contribution in [-0.4, -0.2) is 17.8 Å². The Kier molecular flexibility index (Phi) is 4.61. The Bertz CT molecular complexity index is 1080. The standard InChI is InChI=1S/C23H18Cl2N2O2/c1-28-21-4-2-3-18-20-13-19(14-5-9-16(24)10-6-14)26-27(20)23(29-22(18)21)15-7-11-17(25)12-8-15/h2-12,20,23H,13H2,1H3/t20-,23-/m0/s1. The third kappa shape index (κ3) is 3.22. The van der Waals surface area contributed by atoms with Crippen molar-refractivity contribution in [2.45, 2.75) is 18.7 Å². The molecular formula is C23H18Cl2N2O2. The number of hydrogen-bond donors (Lipinski definition) is 0. The van der Waals surface area contributed by atoms with Gasteiger partial charge in [0.15, 0.2) is 11.5 Å². The van der Waals surface area contributed by atoms with E-state index in [9.17, 15) is 0 Å². The highest BCUT2D eigenvalue weighted by molar-refractivity contribution is 6.30. The SMILES string of the molecule is COc1cccc2c1O[C@@H](c1ccc(Cl)cc1)N1N=C(c3ccc(Cl)cc3)C[C@@H]21. The number of ether oxygens (including phenoxy) is 2. The van der Waals surface area contributed by atoms with Crippen molar-refractivity contribution in [3.8, 4) is 11.5 Å². The number of nitrogens with zero attached hydrogens (tertiary/aromatic N) is 2. The van der Waals surface area contributed by atoms with Crippen LogP contribution in [0, 0.1) is 0 Å². The smallest absolute Gasteiger partial charge is 0.214 e. The molecule has 2 aliphatic rings. The summed E-state index contributed by atoms with van der Waals surface area (Å²) in [6, 6.07) is 21.5. The normalized spacial score (nSPS) is 19.8. The van der Waals surface area contributed by atoms with Crippen molar-refractivity contribution in [3.63, 3.8) is 0 Å². The van der Waals surface area contributed by atoms with Crippen LogP contribution in [0.4, 0.5) is 0 Å². The largest absolute Gasteiger partial charge is 0.493 e. The molecule has 0 spiro atoms. The number of para-hydroxylation sites is 1. The van der Waals surface area contributed by atoms with Crippen LogP contribution in [0.25, 0.3) is 0 Å². The van der Waals surface area contributed by atoms with Gasteiger partial charge in [0.25, 0.3) is 0 Å². The average Bonchev–Trinajstić information content (AvgIpc) is 3.19. The van der Waals surface area contributed by atoms with Crippen LogP contribution >= 0.6 is 23.2 Å². The van der Waals surface area contributed by atoms with E-state index in [1.54, 1.807) is 7.11 Å². The number of methoxy groups -OCH3 is 1. The van der Waals surface area contributed by atoms with Gasteiger partial charge >= 0.3 is 0 Å². The molecule has 0 saturated carbocycles. The summed E-state index contributed by atoms with van der Waals surface area (Å²) in [5.41, 5.74) is 4.12. The van der Waals surface area contributed by atoms with Gasteiger partial charge < -0.3 is 9.47 Å². The molecule has 2 aliphatic heterocycles. The summed E-state index contributed by atoms with van der Waals surface area (Å²) < 4.78 is 12.0. The number of fused-ring (bicyclic) bond motifs is 3. The summed E-state index contributed by atoms with van der Waals surface area (Å²) in [5, 5.41) is 8.39. The Morgan fingerprint density at radius 3 is 2.34 bits per heavy atom. The third-order valence-electron chi connectivity index (χ3n) is 5.33. The minimum atomic E-state index is -0.370. The van der Waals surface area contributed by atoms with E-state index in [0.29, 0.717) is 10.0 Å². The predicted octanol–water partition coefficient (Wildman–Crippen LogP) is 6.24. The van der Waals surface area contributed by atoms with Crippen molar-refractivity contribution in [1.82, 2.24) is 5.01 Å². The first-order valence-corrected chi connectivity index (χ1v) is 10.1. The lowest BCUT2D eigenvalue weighted by Gasteiger charge is -2.38. The number of hydrogen-bond acceptors (Lipinski definition) is 4. The highest BCUT2D eigenvalue weighted by atomic mass is 35.5. The Morgan fingerprint density at radius 2 is 1.66 bits per heavy atom. The van der Waals surface area contributed by atoms with Crippen LogP contribution in [0.2, 0.25) is 10.0 Å². The van der Waals surface area contributed by atoms with Crippen molar-refractivity contribution in [2.75, 3.05) is 7.11 Å². The molecule has 0 saturated heterocycles. The second-order valence-corrected chi connectivity index (χ2v) is 7.93. The summed E-state index contributed by atoms with van der Waals surface area (Å²) >= 11 is 12.2. The Labute approximate surface area is 179 Å². The van der Waals surface area contributed by atoms with Gasteiger partial charge in [-0.3, -0.25) is 0 Å². The van der Waals surface area contributed by atoms with Crippen LogP contribution in [0.3, 0.4) is 0 Å². The lowest BCUT2D eigenvalue weighted by molar-refractivity contribution is -0.0208. The highest BCUT2D eigenvalue weighted by Crippen LogP contribution is 2.50. The highest BCUT2D eigenvalue weighted by Gasteiger charge is 2.42. The summed E-state index contributed by atoms with van der Waals surface area (Å²) in [6.07, 6.45) is 0.403. The lowest BCUT2D eigenvalue weighted by atomic mass is 9.95. The molecule has 0 bridgehead atoms. The molecule has 0 N–H and O–H groups in total. The van der Waals surface area contributed by atoms with Gasteiger partial charge in [-0.15, -0.1) is 0 Å². The number of rotatable bonds is 3. The molecule has 3 aromatic carbocycles. The second-order valence-electron chi connectivity index (χ2n) is 7.05. The van der Waals surface area contributed by atoms with Gasteiger partial charge in [0.2, 0.25) is 6.23 Å². The molecule has 146 valence electrons. The molecule has 2 heterocycles. The van der Waals surface area contributed by atoms with Crippen molar-refractivity contribution in [3.05, 3.63) is 93.5 Å². The van der Waals surface area contributed by atoms with Crippen molar-refractivity contribution >= 4 is 28.9 Å². The third-order valence-corrected chi connectivity index (χ3v) is 5.84. The predicted molar refractivity (Wildman–Crippen MR) is 115 cm³/mol. The lowest BCUT2D eigenvalue weighted by Crippen LogP contribution is -2.33. The monoisotopic (exact) mass is 424 g/mol. The number of benzene rings is 3. The molecule has 3 aromatic rings. The van der Waals surface area contributed by atoms with E-state index in [1.165, 1.54) is 0 Å². The van der Waals surface area contributed by atoms with Gasteiger partial charge in [0.1, 0.15) is 0 Å². The van der Waals surface area contributed by atoms with Gasteiger partial charge in [0, 0.05) is 27.6 Å². The zero-order chi connectivity index (χ0) is 20.0. The molecule has 0 fully saturated rings. The Balaban J connectivity index is 1.61. The fraction of sp³-hybridized carbons (Fsp3) is 0.174. The molecule has 0 unspecified atom stereocenters. The van der Waals surface area contributed by atoms with Gasteiger partial charge in [-0.2, -0.15) is 5.10 Å². The Hall–Kier alpha value is -2.69. The average molecular weight is 425 g/mol. The number of halogens is 2. The van der Waals surface area contributed by atoms with Crippen molar-refractivity contribution in [2.24, 2.45) is 5.10 Å². The summed E-state index contributed by atoms with van der Waals surface area (Å²) in [6.45, 7) is 0. The molecule has 5 rings (SSSR count). The van der Waals surface area contributed by atoms with E-state index in [-0.39, 0.29) is 12.3 Å². The van der Waals surface area contributed by atoms with E-state index in [2.05, 4.69) is 6.07 Å². The molecule has 29 heavy (non-hydrogen) atoms.